The Morgan fingerprint density at radius 3 is 2.58 bits per heavy atom. The number of nitrogens with one attached hydrogen (secondary N) is 1. The summed E-state index contributed by atoms with van der Waals surface area (Å²) < 4.78 is 0. The van der Waals surface area contributed by atoms with Crippen molar-refractivity contribution in [3.63, 3.8) is 0 Å². The standard InChI is InChI=1S/C18H27N/c1-17(2,3)18(10-5-11-19-18)13-14-8-9-15-6-4-7-16(15)12-14/h8-9,12,19H,4-7,10-11,13H2,1-3H3. The van der Waals surface area contributed by atoms with Crippen LogP contribution in [0.3, 0.4) is 0 Å². The molecule has 1 aliphatic heterocycles. The summed E-state index contributed by atoms with van der Waals surface area (Å²) >= 11 is 0. The van der Waals surface area contributed by atoms with Gasteiger partial charge in [-0.05, 0) is 67.2 Å². The SMILES string of the molecule is CC(C)(C)C1(Cc2ccc3c(c2)CCC3)CCCN1. The van der Waals surface area contributed by atoms with Crippen LogP contribution in [0.15, 0.2) is 18.2 Å². The van der Waals surface area contributed by atoms with Gasteiger partial charge in [-0.15, -0.1) is 0 Å². The summed E-state index contributed by atoms with van der Waals surface area (Å²) in [6.07, 6.45) is 7.75. The second kappa shape index (κ2) is 4.63. The molecule has 1 heterocycles. The molecule has 3 rings (SSSR count). The van der Waals surface area contributed by atoms with Crippen LogP contribution in [0.5, 0.6) is 0 Å². The lowest BCUT2D eigenvalue weighted by atomic mass is 9.69. The highest BCUT2D eigenvalue weighted by Crippen LogP contribution is 2.40. The molecule has 1 atom stereocenters. The Labute approximate surface area is 117 Å². The molecule has 1 fully saturated rings. The lowest BCUT2D eigenvalue weighted by Gasteiger charge is -2.42. The third kappa shape index (κ3) is 2.33. The van der Waals surface area contributed by atoms with Gasteiger partial charge < -0.3 is 5.32 Å². The molecule has 0 radical (unpaired) electrons. The van der Waals surface area contributed by atoms with Gasteiger partial charge in [-0.3, -0.25) is 0 Å². The summed E-state index contributed by atoms with van der Waals surface area (Å²) in [4.78, 5) is 0. The number of rotatable bonds is 2. The Morgan fingerprint density at radius 1 is 1.11 bits per heavy atom. The molecule has 0 aromatic heterocycles. The molecule has 0 saturated carbocycles. The van der Waals surface area contributed by atoms with Gasteiger partial charge in [0, 0.05) is 5.54 Å². The van der Waals surface area contributed by atoms with E-state index >= 15 is 0 Å². The highest BCUT2D eigenvalue weighted by atomic mass is 15.0. The highest BCUT2D eigenvalue weighted by Gasteiger charge is 2.43. The second-order valence-electron chi connectivity index (χ2n) is 7.50. The maximum Gasteiger partial charge on any atom is 0.0270 e. The van der Waals surface area contributed by atoms with Gasteiger partial charge in [0.15, 0.2) is 0 Å². The molecule has 1 aromatic carbocycles. The molecule has 1 saturated heterocycles. The van der Waals surface area contributed by atoms with Crippen LogP contribution in [0.4, 0.5) is 0 Å². The largest absolute Gasteiger partial charge is 0.310 e. The molecule has 104 valence electrons. The number of fused-ring (bicyclic) bond motifs is 1. The first-order chi connectivity index (χ1) is 9.00. The number of benzene rings is 1. The molecule has 19 heavy (non-hydrogen) atoms. The van der Waals surface area contributed by atoms with Crippen LogP contribution in [-0.4, -0.2) is 12.1 Å². The average molecular weight is 257 g/mol. The van der Waals surface area contributed by atoms with Crippen molar-refractivity contribution in [2.75, 3.05) is 6.54 Å². The van der Waals surface area contributed by atoms with Gasteiger partial charge in [0.25, 0.3) is 0 Å². The highest BCUT2D eigenvalue weighted by molar-refractivity contribution is 5.36. The van der Waals surface area contributed by atoms with E-state index in [0.717, 1.165) is 0 Å². The van der Waals surface area contributed by atoms with Gasteiger partial charge in [-0.25, -0.2) is 0 Å². The van der Waals surface area contributed by atoms with E-state index in [1.807, 2.05) is 0 Å². The predicted octanol–water partition coefficient (Wildman–Crippen LogP) is 3.89. The van der Waals surface area contributed by atoms with E-state index in [-0.39, 0.29) is 0 Å². The molecule has 1 aliphatic carbocycles. The number of hydrogen-bond donors (Lipinski definition) is 1. The van der Waals surface area contributed by atoms with Gasteiger partial charge in [-0.2, -0.15) is 0 Å². The minimum absolute atomic E-state index is 0.292. The first-order valence-corrected chi connectivity index (χ1v) is 7.86. The molecule has 0 bridgehead atoms. The Kier molecular flexibility index (Phi) is 3.21. The maximum absolute atomic E-state index is 3.83. The maximum atomic E-state index is 3.83. The molecule has 1 unspecified atom stereocenters. The Hall–Kier alpha value is -0.820. The molecule has 1 heteroatoms. The second-order valence-corrected chi connectivity index (χ2v) is 7.50. The topological polar surface area (TPSA) is 12.0 Å². The Bertz CT molecular complexity index is 461. The minimum atomic E-state index is 0.292. The molecule has 2 aliphatic rings. The van der Waals surface area contributed by atoms with Crippen molar-refractivity contribution in [1.82, 2.24) is 5.32 Å². The third-order valence-electron chi connectivity index (χ3n) is 5.35. The van der Waals surface area contributed by atoms with Gasteiger partial charge >= 0.3 is 0 Å². The summed E-state index contributed by atoms with van der Waals surface area (Å²) in [5.74, 6) is 0. The van der Waals surface area contributed by atoms with Gasteiger partial charge in [0.2, 0.25) is 0 Å². The van der Waals surface area contributed by atoms with E-state index in [1.54, 1.807) is 11.1 Å². The van der Waals surface area contributed by atoms with Crippen LogP contribution < -0.4 is 5.32 Å². The van der Waals surface area contributed by atoms with E-state index in [2.05, 4.69) is 44.3 Å². The minimum Gasteiger partial charge on any atom is -0.310 e. The van der Waals surface area contributed by atoms with E-state index in [0.29, 0.717) is 11.0 Å². The van der Waals surface area contributed by atoms with E-state index < -0.39 is 0 Å². The smallest absolute Gasteiger partial charge is 0.0270 e. The third-order valence-corrected chi connectivity index (χ3v) is 5.35. The van der Waals surface area contributed by atoms with E-state index in [4.69, 9.17) is 0 Å². The summed E-state index contributed by atoms with van der Waals surface area (Å²) in [5, 5.41) is 3.83. The molecule has 1 nitrogen and oxygen atoms in total. The van der Waals surface area contributed by atoms with Crippen LogP contribution in [0, 0.1) is 5.41 Å². The quantitative estimate of drug-likeness (QED) is 0.847. The molecule has 0 amide bonds. The lowest BCUT2D eigenvalue weighted by Crippen LogP contribution is -2.52. The van der Waals surface area contributed by atoms with Crippen LogP contribution in [-0.2, 0) is 19.3 Å². The zero-order valence-corrected chi connectivity index (χ0v) is 12.7. The summed E-state index contributed by atoms with van der Waals surface area (Å²) in [6.45, 7) is 8.35. The zero-order chi connectivity index (χ0) is 13.5. The summed E-state index contributed by atoms with van der Waals surface area (Å²) in [6, 6.07) is 7.23. The number of aryl methyl sites for hydroxylation is 2. The normalized spacial score (nSPS) is 26.7. The predicted molar refractivity (Wildman–Crippen MR) is 81.6 cm³/mol. The van der Waals surface area contributed by atoms with Crippen molar-refractivity contribution in [2.45, 2.75) is 64.8 Å². The molecule has 1 N–H and O–H groups in total. The average Bonchev–Trinajstić information content (AvgIpc) is 2.96. The van der Waals surface area contributed by atoms with Gasteiger partial charge in [0.05, 0.1) is 0 Å². The lowest BCUT2D eigenvalue weighted by molar-refractivity contribution is 0.159. The fourth-order valence-electron chi connectivity index (χ4n) is 3.95. The first-order valence-electron chi connectivity index (χ1n) is 7.86. The van der Waals surface area contributed by atoms with Crippen molar-refractivity contribution in [3.8, 4) is 0 Å². The van der Waals surface area contributed by atoms with Crippen LogP contribution in [0.25, 0.3) is 0 Å². The summed E-state index contributed by atoms with van der Waals surface area (Å²) in [7, 11) is 0. The van der Waals surface area contributed by atoms with E-state index in [9.17, 15) is 0 Å². The van der Waals surface area contributed by atoms with Crippen molar-refractivity contribution < 1.29 is 0 Å². The molecule has 0 spiro atoms. The van der Waals surface area contributed by atoms with Crippen molar-refractivity contribution in [1.29, 1.82) is 0 Å². The molecular formula is C18H27N. The van der Waals surface area contributed by atoms with E-state index in [1.165, 1.54) is 50.6 Å². The monoisotopic (exact) mass is 257 g/mol. The zero-order valence-electron chi connectivity index (χ0n) is 12.7. The van der Waals surface area contributed by atoms with Crippen molar-refractivity contribution in [3.05, 3.63) is 34.9 Å². The number of hydrogen-bond acceptors (Lipinski definition) is 1. The van der Waals surface area contributed by atoms with Crippen LogP contribution >= 0.6 is 0 Å². The van der Waals surface area contributed by atoms with Crippen LogP contribution in [0.1, 0.15) is 56.7 Å². The van der Waals surface area contributed by atoms with Crippen molar-refractivity contribution >= 4 is 0 Å². The molecule has 1 aromatic rings. The first kappa shape index (κ1) is 13.2. The van der Waals surface area contributed by atoms with Crippen molar-refractivity contribution in [2.24, 2.45) is 5.41 Å². The van der Waals surface area contributed by atoms with Crippen LogP contribution in [0.2, 0.25) is 0 Å². The van der Waals surface area contributed by atoms with Gasteiger partial charge in [0.1, 0.15) is 0 Å². The summed E-state index contributed by atoms with van der Waals surface area (Å²) in [5.41, 5.74) is 5.35. The molecular weight excluding hydrogens is 230 g/mol. The Balaban J connectivity index is 1.87. The Morgan fingerprint density at radius 2 is 1.89 bits per heavy atom. The fourth-order valence-corrected chi connectivity index (χ4v) is 3.95. The van der Waals surface area contributed by atoms with Gasteiger partial charge in [-0.1, -0.05) is 39.0 Å². The fraction of sp³-hybridized carbons (Fsp3) is 0.667.